The number of likely N-dealkylation sites (tertiary alicyclic amines) is 1. The van der Waals surface area contributed by atoms with Gasteiger partial charge in [0.25, 0.3) is 0 Å². The lowest BCUT2D eigenvalue weighted by molar-refractivity contribution is -0.139. The summed E-state index contributed by atoms with van der Waals surface area (Å²) < 4.78 is 26.5. The Hall–Kier alpha value is -6.03. The lowest BCUT2D eigenvalue weighted by Crippen LogP contribution is -2.54. The van der Waals surface area contributed by atoms with E-state index in [-0.39, 0.29) is 41.2 Å². The molecule has 5 amide bonds. The van der Waals surface area contributed by atoms with E-state index in [2.05, 4.69) is 37.2 Å². The van der Waals surface area contributed by atoms with Crippen molar-refractivity contribution in [1.29, 1.82) is 0 Å². The molecule has 4 N–H and O–H groups in total. The van der Waals surface area contributed by atoms with Crippen molar-refractivity contribution in [3.8, 4) is 28.2 Å². The number of carbonyl (C=O) groups excluding carboxylic acids is 6. The minimum absolute atomic E-state index is 0.172. The number of methoxy groups -OCH3 is 2. The average Bonchev–Trinajstić information content (AvgIpc) is 3.92. The number of benzene rings is 3. The largest absolute Gasteiger partial charge is 0.453 e. The minimum atomic E-state index is -0.847. The molecule has 1 aliphatic heterocycles. The van der Waals surface area contributed by atoms with E-state index in [1.54, 1.807) is 36.4 Å². The Morgan fingerprint density at radius 3 is 1.77 bits per heavy atom. The molecule has 2 heterocycles. The van der Waals surface area contributed by atoms with Crippen LogP contribution in [-0.2, 0) is 28.7 Å². The first kappa shape index (κ1) is 47.4. The Balaban J connectivity index is 1.21. The number of carbonyl (C=O) groups is 6. The smallest absolute Gasteiger partial charge is 0.407 e. The first-order valence-electron chi connectivity index (χ1n) is 21.6. The Labute approximate surface area is 381 Å². The van der Waals surface area contributed by atoms with Crippen LogP contribution in [-0.4, -0.2) is 84.0 Å². The van der Waals surface area contributed by atoms with Gasteiger partial charge in [-0.1, -0.05) is 64.8 Å². The van der Waals surface area contributed by atoms with Crippen LogP contribution in [0.25, 0.3) is 28.2 Å². The van der Waals surface area contributed by atoms with Crippen LogP contribution in [0.3, 0.4) is 0 Å². The van der Waals surface area contributed by atoms with Gasteiger partial charge >= 0.3 is 12.2 Å². The molecule has 1 saturated carbocycles. The molecule has 340 valence electrons. The van der Waals surface area contributed by atoms with Crippen LogP contribution in [0.4, 0.5) is 25.4 Å². The third-order valence-electron chi connectivity index (χ3n) is 12.0. The Bertz CT molecular complexity index is 2330. The molecule has 0 bridgehead atoms. The van der Waals surface area contributed by atoms with Gasteiger partial charge in [0.15, 0.2) is 5.78 Å². The van der Waals surface area contributed by atoms with Crippen molar-refractivity contribution in [1.82, 2.24) is 20.1 Å². The second kappa shape index (κ2) is 21.1. The molecule has 0 unspecified atom stereocenters. The van der Waals surface area contributed by atoms with Gasteiger partial charge in [-0.2, -0.15) is 0 Å². The van der Waals surface area contributed by atoms with Gasteiger partial charge in [0.05, 0.1) is 31.6 Å². The van der Waals surface area contributed by atoms with Gasteiger partial charge in [-0.25, -0.2) is 14.0 Å². The van der Waals surface area contributed by atoms with Gasteiger partial charge in [-0.15, -0.1) is 0 Å². The van der Waals surface area contributed by atoms with Crippen molar-refractivity contribution >= 4 is 63.0 Å². The van der Waals surface area contributed by atoms with Gasteiger partial charge in [-0.3, -0.25) is 19.2 Å². The van der Waals surface area contributed by atoms with Crippen molar-refractivity contribution in [3.05, 3.63) is 89.2 Å². The highest BCUT2D eigenvalue weighted by molar-refractivity contribution is 9.10. The van der Waals surface area contributed by atoms with E-state index in [4.69, 9.17) is 9.47 Å². The number of hydrogen-bond acceptors (Lipinski definition) is 8. The fourth-order valence-corrected chi connectivity index (χ4v) is 9.29. The first-order valence-corrected chi connectivity index (χ1v) is 22.4. The molecule has 64 heavy (non-hydrogen) atoms. The summed E-state index contributed by atoms with van der Waals surface area (Å²) in [6, 6.07) is 20.4. The Kier molecular flexibility index (Phi) is 15.6. The standard InChI is InChI=1S/C48H56BrFN6O8/c1-27(2)40(53-47(61)63-5)43(57)35-10-7-8-11-36(35)44(58)51-32-19-13-29(14-20-32)39-26-37(49)42(56(39)34-23-17-31(50)18-24-34)30-15-21-33(22-16-30)52-45(59)38-12-9-25-55(38)46(60)41(28(3)4)54-48(62)64-6/h13-24,26-28,35-36,38,40-41H,7-12,25H2,1-6H3,(H,51,58)(H,52,59)(H,53,61)(H,54,62)/t35-,36-,38+,40+,41+/m1/s1. The van der Waals surface area contributed by atoms with E-state index in [0.717, 1.165) is 39.8 Å². The molecule has 5 atom stereocenters. The lowest BCUT2D eigenvalue weighted by atomic mass is 9.73. The van der Waals surface area contributed by atoms with E-state index in [1.165, 1.54) is 31.3 Å². The summed E-state index contributed by atoms with van der Waals surface area (Å²) in [6.45, 7) is 7.71. The van der Waals surface area contributed by atoms with E-state index in [9.17, 15) is 33.2 Å². The third-order valence-corrected chi connectivity index (χ3v) is 12.6. The highest BCUT2D eigenvalue weighted by Gasteiger charge is 2.41. The van der Waals surface area contributed by atoms with Crippen molar-refractivity contribution < 1.29 is 42.6 Å². The van der Waals surface area contributed by atoms with Crippen LogP contribution >= 0.6 is 15.9 Å². The molecule has 0 spiro atoms. The Morgan fingerprint density at radius 2 is 1.20 bits per heavy atom. The number of anilines is 2. The van der Waals surface area contributed by atoms with E-state index in [1.807, 2.05) is 62.6 Å². The molecule has 4 aromatic rings. The molecule has 1 aromatic heterocycles. The molecule has 0 radical (unpaired) electrons. The summed E-state index contributed by atoms with van der Waals surface area (Å²) in [5, 5.41) is 11.2. The van der Waals surface area contributed by atoms with E-state index < -0.39 is 42.1 Å². The number of Topliss-reactive ketones (excluding diaryl/α,β-unsaturated/α-hetero) is 1. The maximum atomic E-state index is 14.2. The fourth-order valence-electron chi connectivity index (χ4n) is 8.66. The van der Waals surface area contributed by atoms with Crippen molar-refractivity contribution in [2.24, 2.45) is 23.7 Å². The fraction of sp³-hybridized carbons (Fsp3) is 0.417. The van der Waals surface area contributed by atoms with Gasteiger partial charge in [-0.05, 0) is 119 Å². The zero-order valence-electron chi connectivity index (χ0n) is 36.9. The second-order valence-corrected chi connectivity index (χ2v) is 17.8. The highest BCUT2D eigenvalue weighted by Crippen LogP contribution is 2.40. The molecule has 3 aromatic carbocycles. The molecule has 1 saturated heterocycles. The number of aromatic nitrogens is 1. The SMILES string of the molecule is COC(=O)N[C@H](C(=O)[C@@H]1CCCC[C@H]1C(=O)Nc1ccc(-c2cc(Br)c(-c3ccc(NC(=O)[C@@H]4CCCN4C(=O)[C@@H](NC(=O)OC)C(C)C)cc3)n2-c2ccc(F)cc2)cc1)C(C)C. The number of halogens is 2. The molecular weight excluding hydrogens is 887 g/mol. The highest BCUT2D eigenvalue weighted by atomic mass is 79.9. The quantitative estimate of drug-likeness (QED) is 0.0970. The zero-order chi connectivity index (χ0) is 46.2. The van der Waals surface area contributed by atoms with Crippen molar-refractivity contribution in [2.45, 2.75) is 84.3 Å². The molecular formula is C48H56BrFN6O8. The number of amides is 5. The number of alkyl carbamates (subject to hydrolysis) is 2. The van der Waals surface area contributed by atoms with Crippen LogP contribution in [0.1, 0.15) is 66.2 Å². The molecule has 6 rings (SSSR count). The number of nitrogens with zero attached hydrogens (tertiary/aromatic N) is 2. The molecule has 2 fully saturated rings. The number of rotatable bonds is 14. The molecule has 16 heteroatoms. The zero-order valence-corrected chi connectivity index (χ0v) is 38.5. The van der Waals surface area contributed by atoms with Crippen LogP contribution in [0.2, 0.25) is 0 Å². The second-order valence-electron chi connectivity index (χ2n) is 17.0. The summed E-state index contributed by atoms with van der Waals surface area (Å²) in [6.07, 6.45) is 2.43. The van der Waals surface area contributed by atoms with Crippen LogP contribution in [0, 0.1) is 29.5 Å². The number of hydrogen-bond donors (Lipinski definition) is 4. The molecule has 2 aliphatic rings. The first-order chi connectivity index (χ1) is 30.6. The maximum absolute atomic E-state index is 14.2. The third kappa shape index (κ3) is 10.8. The van der Waals surface area contributed by atoms with Gasteiger partial charge in [0.1, 0.15) is 17.9 Å². The minimum Gasteiger partial charge on any atom is -0.453 e. The predicted molar refractivity (Wildman–Crippen MR) is 245 cm³/mol. The lowest BCUT2D eigenvalue weighted by Gasteiger charge is -2.33. The molecule has 1 aliphatic carbocycles. The van der Waals surface area contributed by atoms with Gasteiger partial charge in [0.2, 0.25) is 17.7 Å². The maximum Gasteiger partial charge on any atom is 0.407 e. The van der Waals surface area contributed by atoms with Crippen LogP contribution in [0.15, 0.2) is 83.3 Å². The normalized spacial score (nSPS) is 18.2. The van der Waals surface area contributed by atoms with E-state index >= 15 is 0 Å². The Morgan fingerprint density at radius 1 is 0.672 bits per heavy atom. The number of ketones is 1. The number of ether oxygens (including phenoxy) is 2. The van der Waals surface area contributed by atoms with Crippen LogP contribution < -0.4 is 21.3 Å². The monoisotopic (exact) mass is 942 g/mol. The van der Waals surface area contributed by atoms with E-state index in [0.29, 0.717) is 49.3 Å². The summed E-state index contributed by atoms with van der Waals surface area (Å²) >= 11 is 3.77. The summed E-state index contributed by atoms with van der Waals surface area (Å²) in [5.41, 5.74) is 4.88. The van der Waals surface area contributed by atoms with Crippen molar-refractivity contribution in [2.75, 3.05) is 31.4 Å². The number of nitrogens with one attached hydrogen (secondary N) is 4. The van der Waals surface area contributed by atoms with Gasteiger partial charge < -0.3 is 40.2 Å². The van der Waals surface area contributed by atoms with Crippen molar-refractivity contribution in [3.63, 3.8) is 0 Å². The average molecular weight is 944 g/mol. The molecule has 14 nitrogen and oxygen atoms in total. The summed E-state index contributed by atoms with van der Waals surface area (Å²) in [4.78, 5) is 80.2. The van der Waals surface area contributed by atoms with Crippen LogP contribution in [0.5, 0.6) is 0 Å². The summed E-state index contributed by atoms with van der Waals surface area (Å²) in [7, 11) is 2.48. The summed E-state index contributed by atoms with van der Waals surface area (Å²) in [5.74, 6) is -3.03. The van der Waals surface area contributed by atoms with Gasteiger partial charge in [0, 0.05) is 39.9 Å². The predicted octanol–water partition coefficient (Wildman–Crippen LogP) is 8.72. The topological polar surface area (TPSA) is 177 Å².